The highest BCUT2D eigenvalue weighted by molar-refractivity contribution is 5.83. The monoisotopic (exact) mass is 299 g/mol. The van der Waals surface area contributed by atoms with Crippen LogP contribution >= 0.6 is 0 Å². The summed E-state index contributed by atoms with van der Waals surface area (Å²) in [5.74, 6) is 2.12. The molecule has 1 saturated heterocycles. The van der Waals surface area contributed by atoms with E-state index >= 15 is 0 Å². The Bertz CT molecular complexity index is 740. The number of carbonyl (C=O) groups is 1. The number of nitrogens with one attached hydrogen (secondary N) is 2. The Hall–Kier alpha value is -1.95. The van der Waals surface area contributed by atoms with Gasteiger partial charge in [-0.05, 0) is 57.3 Å². The van der Waals surface area contributed by atoms with E-state index in [1.165, 1.54) is 0 Å². The summed E-state index contributed by atoms with van der Waals surface area (Å²) in [6, 6.07) is 3.99. The summed E-state index contributed by atoms with van der Waals surface area (Å²) in [5, 5.41) is 15.1. The molecular formula is C16H21N5O. The van der Waals surface area contributed by atoms with Crippen LogP contribution in [0, 0.1) is 24.7 Å². The number of amides is 1. The van der Waals surface area contributed by atoms with Crippen molar-refractivity contribution < 1.29 is 4.79 Å². The Kier molecular flexibility index (Phi) is 2.81. The van der Waals surface area contributed by atoms with Crippen LogP contribution in [0.1, 0.15) is 25.2 Å². The van der Waals surface area contributed by atoms with Crippen molar-refractivity contribution in [2.24, 2.45) is 17.8 Å². The smallest absolute Gasteiger partial charge is 0.224 e. The minimum absolute atomic E-state index is 0.144. The van der Waals surface area contributed by atoms with E-state index in [4.69, 9.17) is 0 Å². The number of piperidine rings is 1. The van der Waals surface area contributed by atoms with Crippen molar-refractivity contribution >= 4 is 11.6 Å². The van der Waals surface area contributed by atoms with Gasteiger partial charge in [0.1, 0.15) is 0 Å². The summed E-state index contributed by atoms with van der Waals surface area (Å²) in [5.41, 5.74) is 1.37. The molecule has 22 heavy (non-hydrogen) atoms. The van der Waals surface area contributed by atoms with Gasteiger partial charge < -0.3 is 10.6 Å². The molecule has 1 aliphatic heterocycles. The second-order valence-electron chi connectivity index (χ2n) is 7.03. The van der Waals surface area contributed by atoms with Gasteiger partial charge in [-0.15, -0.1) is 10.2 Å². The number of pyridine rings is 1. The lowest BCUT2D eigenvalue weighted by atomic mass is 10.0. The Labute approximate surface area is 129 Å². The molecule has 6 heteroatoms. The molecule has 2 aromatic rings. The fourth-order valence-corrected chi connectivity index (χ4v) is 3.73. The van der Waals surface area contributed by atoms with Crippen LogP contribution in [-0.4, -0.2) is 33.6 Å². The molecule has 2 aromatic heterocycles. The highest BCUT2D eigenvalue weighted by Crippen LogP contribution is 2.49. The van der Waals surface area contributed by atoms with Gasteiger partial charge in [-0.3, -0.25) is 9.20 Å². The van der Waals surface area contributed by atoms with Gasteiger partial charge in [0.15, 0.2) is 11.5 Å². The highest BCUT2D eigenvalue weighted by Gasteiger charge is 2.57. The third kappa shape index (κ3) is 1.94. The first kappa shape index (κ1) is 13.7. The average Bonchev–Trinajstić information content (AvgIpc) is 2.85. The fourth-order valence-electron chi connectivity index (χ4n) is 3.73. The van der Waals surface area contributed by atoms with E-state index < -0.39 is 5.54 Å². The van der Waals surface area contributed by atoms with Crippen LogP contribution in [0.15, 0.2) is 18.3 Å². The minimum Gasteiger partial charge on any atom is -0.344 e. The van der Waals surface area contributed by atoms with Crippen molar-refractivity contribution in [1.29, 1.82) is 0 Å². The summed E-state index contributed by atoms with van der Waals surface area (Å²) >= 11 is 0. The van der Waals surface area contributed by atoms with Crippen LogP contribution in [0.4, 0.5) is 0 Å². The molecule has 6 nitrogen and oxygen atoms in total. The van der Waals surface area contributed by atoms with E-state index in [9.17, 15) is 4.79 Å². The van der Waals surface area contributed by atoms with Gasteiger partial charge >= 0.3 is 0 Å². The minimum atomic E-state index is -0.547. The second-order valence-corrected chi connectivity index (χ2v) is 7.03. The normalized spacial score (nSPS) is 27.0. The topological polar surface area (TPSA) is 71.3 Å². The zero-order chi connectivity index (χ0) is 15.5. The number of aryl methyl sites for hydroxylation is 1. The number of fused-ring (bicyclic) bond motifs is 2. The van der Waals surface area contributed by atoms with Gasteiger partial charge in [-0.25, -0.2) is 0 Å². The summed E-state index contributed by atoms with van der Waals surface area (Å²) in [6.45, 7) is 7.92. The molecule has 2 fully saturated rings. The van der Waals surface area contributed by atoms with Gasteiger partial charge in [0, 0.05) is 12.1 Å². The third-order valence-corrected chi connectivity index (χ3v) is 5.02. The van der Waals surface area contributed by atoms with E-state index in [0.717, 1.165) is 30.1 Å². The molecule has 116 valence electrons. The summed E-state index contributed by atoms with van der Waals surface area (Å²) in [4.78, 5) is 12.5. The molecule has 0 bridgehead atoms. The van der Waals surface area contributed by atoms with Gasteiger partial charge in [-0.1, -0.05) is 6.07 Å². The van der Waals surface area contributed by atoms with Crippen LogP contribution in [0.5, 0.6) is 0 Å². The molecule has 1 saturated carbocycles. The number of nitrogens with zero attached hydrogens (tertiary/aromatic N) is 3. The first-order valence-corrected chi connectivity index (χ1v) is 7.82. The maximum atomic E-state index is 12.5. The molecule has 4 rings (SSSR count). The lowest BCUT2D eigenvalue weighted by molar-refractivity contribution is -0.124. The van der Waals surface area contributed by atoms with Crippen LogP contribution < -0.4 is 10.6 Å². The largest absolute Gasteiger partial charge is 0.344 e. The lowest BCUT2D eigenvalue weighted by Crippen LogP contribution is -2.44. The van der Waals surface area contributed by atoms with E-state index in [-0.39, 0.29) is 11.8 Å². The summed E-state index contributed by atoms with van der Waals surface area (Å²) in [6.07, 6.45) is 1.95. The van der Waals surface area contributed by atoms with E-state index in [0.29, 0.717) is 11.8 Å². The molecule has 3 heterocycles. The first-order chi connectivity index (χ1) is 10.5. The molecule has 0 aromatic carbocycles. The maximum Gasteiger partial charge on any atom is 0.224 e. The Morgan fingerprint density at radius 1 is 1.36 bits per heavy atom. The SMILES string of the molecule is Cc1cccn2c(C(C)(C)NC(=O)[C@@H]3C4CNC[C@H]43)nnc12. The van der Waals surface area contributed by atoms with Crippen LogP contribution in [0.25, 0.3) is 5.65 Å². The zero-order valence-electron chi connectivity index (χ0n) is 13.1. The van der Waals surface area contributed by atoms with Gasteiger partial charge in [0.25, 0.3) is 0 Å². The second kappa shape index (κ2) is 4.52. The quantitative estimate of drug-likeness (QED) is 0.881. The van der Waals surface area contributed by atoms with Crippen molar-refractivity contribution in [2.45, 2.75) is 26.3 Å². The average molecular weight is 299 g/mol. The maximum absolute atomic E-state index is 12.5. The molecule has 1 aliphatic carbocycles. The predicted octanol–water partition coefficient (Wildman–Crippen LogP) is 0.854. The number of hydrogen-bond donors (Lipinski definition) is 2. The molecule has 1 amide bonds. The van der Waals surface area contributed by atoms with Crippen molar-refractivity contribution in [3.05, 3.63) is 29.7 Å². The summed E-state index contributed by atoms with van der Waals surface area (Å²) in [7, 11) is 0. The van der Waals surface area contributed by atoms with E-state index in [2.05, 4.69) is 20.8 Å². The van der Waals surface area contributed by atoms with Gasteiger partial charge in [0.2, 0.25) is 5.91 Å². The molecular weight excluding hydrogens is 278 g/mol. The number of rotatable bonds is 3. The molecule has 0 spiro atoms. The van der Waals surface area contributed by atoms with Crippen molar-refractivity contribution in [1.82, 2.24) is 25.2 Å². The van der Waals surface area contributed by atoms with Gasteiger partial charge in [0.05, 0.1) is 5.54 Å². The van der Waals surface area contributed by atoms with Crippen LogP contribution in [0.2, 0.25) is 0 Å². The fraction of sp³-hybridized carbons (Fsp3) is 0.562. The number of hydrogen-bond acceptors (Lipinski definition) is 4. The molecule has 2 aliphatic rings. The van der Waals surface area contributed by atoms with E-state index in [1.54, 1.807) is 0 Å². The molecule has 0 radical (unpaired) electrons. The molecule has 2 N–H and O–H groups in total. The number of aromatic nitrogens is 3. The summed E-state index contributed by atoms with van der Waals surface area (Å²) < 4.78 is 1.96. The Balaban J connectivity index is 1.59. The number of carbonyl (C=O) groups excluding carboxylic acids is 1. The van der Waals surface area contributed by atoms with Crippen molar-refractivity contribution in [2.75, 3.05) is 13.1 Å². The third-order valence-electron chi connectivity index (χ3n) is 5.02. The predicted molar refractivity (Wildman–Crippen MR) is 82.2 cm³/mol. The Morgan fingerprint density at radius 3 is 2.82 bits per heavy atom. The Morgan fingerprint density at radius 2 is 2.09 bits per heavy atom. The van der Waals surface area contributed by atoms with E-state index in [1.807, 2.05) is 43.5 Å². The van der Waals surface area contributed by atoms with Crippen molar-refractivity contribution in [3.8, 4) is 0 Å². The molecule has 3 atom stereocenters. The highest BCUT2D eigenvalue weighted by atomic mass is 16.2. The van der Waals surface area contributed by atoms with Gasteiger partial charge in [-0.2, -0.15) is 0 Å². The lowest BCUT2D eigenvalue weighted by Gasteiger charge is -2.25. The first-order valence-electron chi connectivity index (χ1n) is 7.82. The van der Waals surface area contributed by atoms with Crippen LogP contribution in [-0.2, 0) is 10.3 Å². The van der Waals surface area contributed by atoms with Crippen molar-refractivity contribution in [3.63, 3.8) is 0 Å². The standard InChI is InChI=1S/C16H21N5O/c1-9-5-4-6-21-13(9)19-20-15(21)16(2,3)18-14(22)12-10-7-17-8-11(10)12/h4-6,10-12,17H,7-8H2,1-3H3,(H,18,22)/t10-,11?,12+/m1/s1. The van der Waals surface area contributed by atoms with Crippen LogP contribution in [0.3, 0.4) is 0 Å². The zero-order valence-corrected chi connectivity index (χ0v) is 13.1. The molecule has 1 unspecified atom stereocenters.